The number of hydrogen-bond donors (Lipinski definition) is 1. The Kier molecular flexibility index (Phi) is 4.91. The molecule has 0 atom stereocenters. The van der Waals surface area contributed by atoms with Gasteiger partial charge in [-0.15, -0.1) is 11.8 Å². The molecule has 2 heterocycles. The Morgan fingerprint density at radius 3 is 2.70 bits per heavy atom. The van der Waals surface area contributed by atoms with Gasteiger partial charge in [-0.2, -0.15) is 5.10 Å². The van der Waals surface area contributed by atoms with E-state index in [1.165, 1.54) is 10.5 Å². The fourth-order valence-electron chi connectivity index (χ4n) is 3.29. The zero-order valence-corrected chi connectivity index (χ0v) is 16.8. The fourth-order valence-corrected chi connectivity index (χ4v) is 4.06. The molecule has 0 radical (unpaired) electrons. The number of pyridine rings is 1. The van der Waals surface area contributed by atoms with Crippen LogP contribution >= 0.6 is 11.8 Å². The molecule has 3 aromatic rings. The summed E-state index contributed by atoms with van der Waals surface area (Å²) in [7, 11) is 1.89. The van der Waals surface area contributed by atoms with Crippen LogP contribution in [0.5, 0.6) is 0 Å². The number of fused-ring (bicyclic) bond motifs is 1. The number of hydrogen-bond acceptors (Lipinski definition) is 4. The highest BCUT2D eigenvalue weighted by atomic mass is 32.2. The lowest BCUT2D eigenvalue weighted by atomic mass is 10.1. The lowest BCUT2D eigenvalue weighted by Gasteiger charge is -2.09. The van der Waals surface area contributed by atoms with Crippen molar-refractivity contribution >= 4 is 28.7 Å². The van der Waals surface area contributed by atoms with E-state index in [9.17, 15) is 4.79 Å². The molecule has 2 aromatic heterocycles. The minimum absolute atomic E-state index is 0.0371. The Labute approximate surface area is 163 Å². The van der Waals surface area contributed by atoms with Crippen LogP contribution in [0.1, 0.15) is 46.1 Å². The van der Waals surface area contributed by atoms with Gasteiger partial charge in [0, 0.05) is 35.9 Å². The quantitative estimate of drug-likeness (QED) is 0.519. The average Bonchev–Trinajstić information content (AvgIpc) is 3.46. The van der Waals surface area contributed by atoms with Crippen molar-refractivity contribution in [2.75, 3.05) is 12.3 Å². The summed E-state index contributed by atoms with van der Waals surface area (Å²) in [6, 6.07) is 10.4. The first-order chi connectivity index (χ1) is 13.0. The van der Waals surface area contributed by atoms with Gasteiger partial charge < -0.3 is 5.32 Å². The lowest BCUT2D eigenvalue weighted by molar-refractivity contribution is 0.0957. The molecule has 1 aliphatic rings. The van der Waals surface area contributed by atoms with Crippen molar-refractivity contribution in [3.63, 3.8) is 0 Å². The van der Waals surface area contributed by atoms with E-state index < -0.39 is 0 Å². The summed E-state index contributed by atoms with van der Waals surface area (Å²) in [5, 5.41) is 8.40. The molecule has 4 rings (SSSR count). The van der Waals surface area contributed by atoms with Gasteiger partial charge in [-0.25, -0.2) is 4.98 Å². The van der Waals surface area contributed by atoms with Crippen LogP contribution in [0, 0.1) is 13.8 Å². The number of aromatic nitrogens is 3. The minimum Gasteiger partial charge on any atom is -0.351 e. The molecule has 140 valence electrons. The fraction of sp³-hybridized carbons (Fsp3) is 0.381. The van der Waals surface area contributed by atoms with Gasteiger partial charge in [0.15, 0.2) is 5.65 Å². The van der Waals surface area contributed by atoms with Crippen molar-refractivity contribution in [3.05, 3.63) is 52.8 Å². The van der Waals surface area contributed by atoms with Crippen molar-refractivity contribution in [2.45, 2.75) is 37.5 Å². The normalized spacial score (nSPS) is 13.9. The molecule has 0 aliphatic heterocycles. The van der Waals surface area contributed by atoms with E-state index >= 15 is 0 Å². The number of nitrogens with zero attached hydrogens (tertiary/aromatic N) is 3. The zero-order chi connectivity index (χ0) is 19.0. The molecule has 1 aliphatic carbocycles. The van der Waals surface area contributed by atoms with E-state index in [-0.39, 0.29) is 5.91 Å². The van der Waals surface area contributed by atoms with E-state index in [2.05, 4.69) is 41.6 Å². The molecule has 0 bridgehead atoms. The molecule has 1 saturated carbocycles. The van der Waals surface area contributed by atoms with Gasteiger partial charge in [0.2, 0.25) is 0 Å². The summed E-state index contributed by atoms with van der Waals surface area (Å²) < 4.78 is 1.78. The maximum atomic E-state index is 12.9. The molecule has 27 heavy (non-hydrogen) atoms. The second-order valence-corrected chi connectivity index (χ2v) is 8.36. The molecule has 0 spiro atoms. The number of aryl methyl sites for hydroxylation is 3. The summed E-state index contributed by atoms with van der Waals surface area (Å²) in [6.45, 7) is 4.64. The molecular formula is C21H24N4OS. The minimum atomic E-state index is -0.0371. The van der Waals surface area contributed by atoms with Gasteiger partial charge in [-0.3, -0.25) is 9.48 Å². The highest BCUT2D eigenvalue weighted by Crippen LogP contribution is 2.40. The smallest absolute Gasteiger partial charge is 0.252 e. The van der Waals surface area contributed by atoms with Crippen LogP contribution in [0.15, 0.2) is 35.2 Å². The maximum absolute atomic E-state index is 12.9. The average molecular weight is 381 g/mol. The van der Waals surface area contributed by atoms with E-state index in [0.29, 0.717) is 18.0 Å². The van der Waals surface area contributed by atoms with Crippen LogP contribution in [0.4, 0.5) is 0 Å². The molecule has 0 unspecified atom stereocenters. The highest BCUT2D eigenvalue weighted by Gasteiger charge is 2.28. The topological polar surface area (TPSA) is 59.8 Å². The van der Waals surface area contributed by atoms with Crippen molar-refractivity contribution in [1.29, 1.82) is 0 Å². The van der Waals surface area contributed by atoms with Gasteiger partial charge in [0.1, 0.15) is 0 Å². The van der Waals surface area contributed by atoms with Crippen LogP contribution in [0.2, 0.25) is 0 Å². The van der Waals surface area contributed by atoms with Crippen LogP contribution in [-0.2, 0) is 7.05 Å². The van der Waals surface area contributed by atoms with Crippen molar-refractivity contribution in [3.8, 4) is 0 Å². The first-order valence-corrected chi connectivity index (χ1v) is 10.3. The summed E-state index contributed by atoms with van der Waals surface area (Å²) in [4.78, 5) is 18.9. The highest BCUT2D eigenvalue weighted by molar-refractivity contribution is 7.99. The SMILES string of the molecule is Cc1ccc(SCCNC(=O)c2cc(C3CC3)nc3c2c(C)nn3C)cc1. The van der Waals surface area contributed by atoms with Gasteiger partial charge in [-0.1, -0.05) is 17.7 Å². The van der Waals surface area contributed by atoms with Crippen LogP contribution in [0.3, 0.4) is 0 Å². The molecule has 0 saturated heterocycles. The van der Waals surface area contributed by atoms with Gasteiger partial charge in [0.25, 0.3) is 5.91 Å². The number of benzene rings is 1. The summed E-state index contributed by atoms with van der Waals surface area (Å²) in [5.41, 5.74) is 4.63. The van der Waals surface area contributed by atoms with E-state index in [1.807, 2.05) is 20.0 Å². The Morgan fingerprint density at radius 1 is 1.26 bits per heavy atom. The third-order valence-electron chi connectivity index (χ3n) is 4.91. The third-order valence-corrected chi connectivity index (χ3v) is 5.92. The Bertz CT molecular complexity index is 990. The zero-order valence-electron chi connectivity index (χ0n) is 16.0. The number of rotatable bonds is 6. The van der Waals surface area contributed by atoms with Crippen molar-refractivity contribution in [1.82, 2.24) is 20.1 Å². The molecule has 1 aromatic carbocycles. The maximum Gasteiger partial charge on any atom is 0.252 e. The second-order valence-electron chi connectivity index (χ2n) is 7.19. The van der Waals surface area contributed by atoms with Crippen molar-refractivity contribution in [2.24, 2.45) is 7.05 Å². The second kappa shape index (κ2) is 7.35. The van der Waals surface area contributed by atoms with Crippen molar-refractivity contribution < 1.29 is 4.79 Å². The van der Waals surface area contributed by atoms with E-state index in [1.54, 1.807) is 16.4 Å². The first kappa shape index (κ1) is 18.0. The standard InChI is InChI=1S/C21H24N4OS/c1-13-4-8-16(9-5-13)27-11-10-22-21(26)17-12-18(15-6-7-15)23-20-19(17)14(2)24-25(20)3/h4-5,8-9,12,15H,6-7,10-11H2,1-3H3,(H,22,26). The lowest BCUT2D eigenvalue weighted by Crippen LogP contribution is -2.26. The summed E-state index contributed by atoms with van der Waals surface area (Å²) >= 11 is 1.75. The molecule has 5 nitrogen and oxygen atoms in total. The monoisotopic (exact) mass is 380 g/mol. The molecule has 1 fully saturated rings. The molecule has 1 amide bonds. The number of thioether (sulfide) groups is 1. The van der Waals surface area contributed by atoms with E-state index in [0.717, 1.165) is 41.0 Å². The van der Waals surface area contributed by atoms with Gasteiger partial charge in [0.05, 0.1) is 16.6 Å². The Morgan fingerprint density at radius 2 is 2.00 bits per heavy atom. The number of amides is 1. The first-order valence-electron chi connectivity index (χ1n) is 9.35. The van der Waals surface area contributed by atoms with Crippen LogP contribution in [-0.4, -0.2) is 33.0 Å². The summed E-state index contributed by atoms with van der Waals surface area (Å²) in [5.74, 6) is 1.29. The van der Waals surface area contributed by atoms with Gasteiger partial charge in [-0.05, 0) is 44.9 Å². The molecular weight excluding hydrogens is 356 g/mol. The third kappa shape index (κ3) is 3.86. The molecule has 1 N–H and O–H groups in total. The van der Waals surface area contributed by atoms with Crippen LogP contribution in [0.25, 0.3) is 11.0 Å². The Hall–Kier alpha value is -2.34. The van der Waals surface area contributed by atoms with E-state index in [4.69, 9.17) is 4.98 Å². The van der Waals surface area contributed by atoms with Gasteiger partial charge >= 0.3 is 0 Å². The number of carbonyl (C=O) groups excluding carboxylic acids is 1. The number of nitrogens with one attached hydrogen (secondary N) is 1. The molecule has 6 heteroatoms. The number of carbonyl (C=O) groups is 1. The predicted octanol–water partition coefficient (Wildman–Crippen LogP) is 3.98. The largest absolute Gasteiger partial charge is 0.351 e. The summed E-state index contributed by atoms with van der Waals surface area (Å²) in [6.07, 6.45) is 2.31. The Balaban J connectivity index is 1.47. The van der Waals surface area contributed by atoms with Crippen LogP contribution < -0.4 is 5.32 Å². The predicted molar refractivity (Wildman–Crippen MR) is 109 cm³/mol.